The molecule has 2 aromatic carbocycles. The smallest absolute Gasteiger partial charge is 0.408 e. The molecule has 0 spiro atoms. The van der Waals surface area contributed by atoms with Crippen molar-refractivity contribution in [2.24, 2.45) is 0 Å². The van der Waals surface area contributed by atoms with Gasteiger partial charge in [-0.15, -0.1) is 0 Å². The molecule has 3 rings (SSSR count). The highest BCUT2D eigenvalue weighted by Crippen LogP contribution is 2.21. The summed E-state index contributed by atoms with van der Waals surface area (Å²) in [4.78, 5) is 24.3. The minimum Gasteiger partial charge on any atom is -0.467 e. The van der Waals surface area contributed by atoms with Crippen molar-refractivity contribution in [1.29, 1.82) is 0 Å². The monoisotopic (exact) mass is 379 g/mol. The van der Waals surface area contributed by atoms with E-state index in [0.29, 0.717) is 0 Å². The highest BCUT2D eigenvalue weighted by molar-refractivity contribution is 5.81. The van der Waals surface area contributed by atoms with Crippen molar-refractivity contribution in [2.75, 3.05) is 7.11 Å². The average molecular weight is 379 g/mol. The Bertz CT molecular complexity index is 906. The number of ether oxygens (including phenoxy) is 2. The third kappa shape index (κ3) is 5.23. The molecule has 1 aromatic heterocycles. The summed E-state index contributed by atoms with van der Waals surface area (Å²) in [6.45, 7) is 0.120. The van der Waals surface area contributed by atoms with Crippen LogP contribution in [0.1, 0.15) is 11.1 Å². The van der Waals surface area contributed by atoms with E-state index in [1.54, 1.807) is 6.26 Å². The van der Waals surface area contributed by atoms with Crippen molar-refractivity contribution in [3.05, 3.63) is 84.1 Å². The summed E-state index contributed by atoms with van der Waals surface area (Å²) >= 11 is 0. The molecule has 28 heavy (non-hydrogen) atoms. The predicted molar refractivity (Wildman–Crippen MR) is 103 cm³/mol. The van der Waals surface area contributed by atoms with Gasteiger partial charge in [0, 0.05) is 12.0 Å². The molecule has 0 aliphatic heterocycles. The van der Waals surface area contributed by atoms with E-state index in [-0.39, 0.29) is 13.0 Å². The van der Waals surface area contributed by atoms with Crippen molar-refractivity contribution in [3.8, 4) is 11.3 Å². The first-order valence-corrected chi connectivity index (χ1v) is 8.83. The number of alkyl carbamates (subject to hydrolysis) is 1. The van der Waals surface area contributed by atoms with E-state index in [9.17, 15) is 9.59 Å². The molecule has 0 radical (unpaired) electrons. The first kappa shape index (κ1) is 19.2. The van der Waals surface area contributed by atoms with Crippen LogP contribution in [0.25, 0.3) is 11.3 Å². The first-order valence-electron chi connectivity index (χ1n) is 8.83. The fraction of sp³-hybridized carbons (Fsp3) is 0.182. The number of carbonyl (C=O) groups excluding carboxylic acids is 2. The second kappa shape index (κ2) is 9.41. The zero-order valence-corrected chi connectivity index (χ0v) is 15.5. The summed E-state index contributed by atoms with van der Waals surface area (Å²) in [5, 5.41) is 2.58. The van der Waals surface area contributed by atoms with Crippen molar-refractivity contribution in [2.45, 2.75) is 19.1 Å². The number of hydrogen-bond donors (Lipinski definition) is 1. The van der Waals surface area contributed by atoms with Gasteiger partial charge in [0.25, 0.3) is 0 Å². The van der Waals surface area contributed by atoms with Crippen LogP contribution < -0.4 is 5.32 Å². The van der Waals surface area contributed by atoms with Gasteiger partial charge in [0.05, 0.1) is 13.4 Å². The maximum atomic E-state index is 12.1. The van der Waals surface area contributed by atoms with E-state index in [1.165, 1.54) is 7.11 Å². The highest BCUT2D eigenvalue weighted by Gasteiger charge is 2.23. The molecule has 0 saturated heterocycles. The minimum absolute atomic E-state index is 0.120. The number of hydrogen-bond acceptors (Lipinski definition) is 5. The molecule has 0 aliphatic rings. The normalized spacial score (nSPS) is 11.5. The van der Waals surface area contributed by atoms with Gasteiger partial charge in [0.1, 0.15) is 18.4 Å². The van der Waals surface area contributed by atoms with Crippen molar-refractivity contribution < 1.29 is 23.5 Å². The molecular formula is C22H21NO5. The molecule has 6 nitrogen and oxygen atoms in total. The number of rotatable bonds is 7. The van der Waals surface area contributed by atoms with E-state index < -0.39 is 18.1 Å². The molecule has 6 heteroatoms. The number of carbonyl (C=O) groups is 2. The fourth-order valence-electron chi connectivity index (χ4n) is 2.77. The van der Waals surface area contributed by atoms with Crippen LogP contribution in [0.2, 0.25) is 0 Å². The summed E-state index contributed by atoms with van der Waals surface area (Å²) in [6.07, 6.45) is 1.19. The van der Waals surface area contributed by atoms with Crippen LogP contribution in [0, 0.1) is 0 Å². The third-order valence-electron chi connectivity index (χ3n) is 4.16. The molecule has 0 saturated carbocycles. The second-order valence-corrected chi connectivity index (χ2v) is 6.16. The van der Waals surface area contributed by atoms with Gasteiger partial charge in [-0.2, -0.15) is 0 Å². The largest absolute Gasteiger partial charge is 0.467 e. The summed E-state index contributed by atoms with van der Waals surface area (Å²) in [5.74, 6) is 0.187. The molecule has 1 amide bonds. The SMILES string of the molecule is COC(=O)C(Cc1cccc(-c2ccco2)c1)NC(=O)OCc1ccccc1. The van der Waals surface area contributed by atoms with Crippen LogP contribution in [0.15, 0.2) is 77.4 Å². The molecule has 144 valence electrons. The minimum atomic E-state index is -0.861. The number of methoxy groups -OCH3 is 1. The van der Waals surface area contributed by atoms with Gasteiger partial charge in [-0.05, 0) is 29.3 Å². The summed E-state index contributed by atoms with van der Waals surface area (Å²) in [6, 6.07) is 19.7. The number of amides is 1. The maximum Gasteiger partial charge on any atom is 0.408 e. The van der Waals surface area contributed by atoms with E-state index >= 15 is 0 Å². The van der Waals surface area contributed by atoms with Gasteiger partial charge in [-0.25, -0.2) is 9.59 Å². The Hall–Kier alpha value is -3.54. The molecule has 3 aromatic rings. The number of esters is 1. The fourth-order valence-corrected chi connectivity index (χ4v) is 2.77. The third-order valence-corrected chi connectivity index (χ3v) is 4.16. The lowest BCUT2D eigenvalue weighted by Crippen LogP contribution is -2.43. The van der Waals surface area contributed by atoms with Gasteiger partial charge in [-0.3, -0.25) is 0 Å². The summed E-state index contributed by atoms with van der Waals surface area (Å²) in [5.41, 5.74) is 2.60. The molecule has 1 atom stereocenters. The Balaban J connectivity index is 1.64. The molecular weight excluding hydrogens is 358 g/mol. The van der Waals surface area contributed by atoms with E-state index in [2.05, 4.69) is 5.32 Å². The van der Waals surface area contributed by atoms with Crippen LogP contribution in [0.5, 0.6) is 0 Å². The quantitative estimate of drug-likeness (QED) is 0.629. The highest BCUT2D eigenvalue weighted by atomic mass is 16.6. The standard InChI is InChI=1S/C22H21NO5/c1-26-21(24)19(23-22(25)28-15-16-7-3-2-4-8-16)14-17-9-5-10-18(13-17)20-11-6-12-27-20/h2-13,19H,14-15H2,1H3,(H,23,25). The lowest BCUT2D eigenvalue weighted by molar-refractivity contribution is -0.143. The Morgan fingerprint density at radius 1 is 1.00 bits per heavy atom. The molecule has 1 unspecified atom stereocenters. The Labute approximate surface area is 163 Å². The van der Waals surface area contributed by atoms with Crippen molar-refractivity contribution in [3.63, 3.8) is 0 Å². The Morgan fingerprint density at radius 2 is 1.79 bits per heavy atom. The summed E-state index contributed by atoms with van der Waals surface area (Å²) < 4.78 is 15.4. The van der Waals surface area contributed by atoms with Gasteiger partial charge in [0.2, 0.25) is 0 Å². The first-order chi connectivity index (χ1) is 13.7. The Morgan fingerprint density at radius 3 is 2.50 bits per heavy atom. The number of benzene rings is 2. The van der Waals surface area contributed by atoms with Crippen LogP contribution in [-0.4, -0.2) is 25.2 Å². The zero-order chi connectivity index (χ0) is 19.8. The average Bonchev–Trinajstić information content (AvgIpc) is 3.27. The van der Waals surface area contributed by atoms with Gasteiger partial charge in [-0.1, -0.05) is 48.5 Å². The van der Waals surface area contributed by atoms with Crippen LogP contribution in [-0.2, 0) is 27.3 Å². The van der Waals surface area contributed by atoms with Gasteiger partial charge in [0.15, 0.2) is 0 Å². The second-order valence-electron chi connectivity index (χ2n) is 6.16. The molecule has 1 N–H and O–H groups in total. The molecule has 0 bridgehead atoms. The lowest BCUT2D eigenvalue weighted by Gasteiger charge is -2.17. The van der Waals surface area contributed by atoms with E-state index in [4.69, 9.17) is 13.9 Å². The van der Waals surface area contributed by atoms with Gasteiger partial charge >= 0.3 is 12.1 Å². The molecule has 0 aliphatic carbocycles. The van der Waals surface area contributed by atoms with Gasteiger partial charge < -0.3 is 19.2 Å². The Kier molecular flexibility index (Phi) is 6.46. The van der Waals surface area contributed by atoms with Crippen LogP contribution in [0.4, 0.5) is 4.79 Å². The van der Waals surface area contributed by atoms with Crippen LogP contribution >= 0.6 is 0 Å². The zero-order valence-electron chi connectivity index (χ0n) is 15.5. The lowest BCUT2D eigenvalue weighted by atomic mass is 10.0. The topological polar surface area (TPSA) is 77.8 Å². The number of nitrogens with one attached hydrogen (secondary N) is 1. The maximum absolute atomic E-state index is 12.1. The molecule has 0 fully saturated rings. The van der Waals surface area contributed by atoms with E-state index in [1.807, 2.05) is 66.7 Å². The van der Waals surface area contributed by atoms with Crippen LogP contribution in [0.3, 0.4) is 0 Å². The van der Waals surface area contributed by atoms with Crippen molar-refractivity contribution >= 4 is 12.1 Å². The predicted octanol–water partition coefficient (Wildman–Crippen LogP) is 3.96. The van der Waals surface area contributed by atoms with Crippen molar-refractivity contribution in [1.82, 2.24) is 5.32 Å². The number of furan rings is 1. The summed E-state index contributed by atoms with van der Waals surface area (Å²) in [7, 11) is 1.28. The van der Waals surface area contributed by atoms with E-state index in [0.717, 1.165) is 22.5 Å². The molecule has 1 heterocycles.